The van der Waals surface area contributed by atoms with Gasteiger partial charge in [0.1, 0.15) is 5.82 Å². The summed E-state index contributed by atoms with van der Waals surface area (Å²) in [5, 5.41) is 0. The molecule has 3 nitrogen and oxygen atoms in total. The van der Waals surface area contributed by atoms with Gasteiger partial charge in [0.2, 0.25) is 0 Å². The summed E-state index contributed by atoms with van der Waals surface area (Å²) >= 11 is 0. The molecule has 1 aromatic carbocycles. The van der Waals surface area contributed by atoms with Crippen LogP contribution in [0.25, 0.3) is 0 Å². The molecule has 2 fully saturated rings. The van der Waals surface area contributed by atoms with Gasteiger partial charge in [0.25, 0.3) is 5.91 Å². The van der Waals surface area contributed by atoms with Crippen LogP contribution in [0.5, 0.6) is 0 Å². The maximum absolute atomic E-state index is 13.5. The van der Waals surface area contributed by atoms with Gasteiger partial charge in [-0.05, 0) is 49.8 Å². The lowest BCUT2D eigenvalue weighted by molar-refractivity contribution is 0.0688. The number of rotatable bonds is 2. The Hall–Kier alpha value is -1.58. The van der Waals surface area contributed by atoms with E-state index in [4.69, 9.17) is 5.73 Å². The molecule has 2 aliphatic rings. The third-order valence-corrected chi connectivity index (χ3v) is 4.75. The Balaban J connectivity index is 1.79. The molecule has 20 heavy (non-hydrogen) atoms. The molecular weight excluding hydrogens is 255 g/mol. The Morgan fingerprint density at radius 1 is 1.20 bits per heavy atom. The van der Waals surface area contributed by atoms with E-state index in [-0.39, 0.29) is 11.6 Å². The highest BCUT2D eigenvalue weighted by molar-refractivity contribution is 5.95. The number of hydrogen-bond acceptors (Lipinski definition) is 2. The van der Waals surface area contributed by atoms with Gasteiger partial charge >= 0.3 is 0 Å². The zero-order chi connectivity index (χ0) is 14.1. The van der Waals surface area contributed by atoms with Crippen molar-refractivity contribution < 1.29 is 9.18 Å². The number of anilines is 1. The van der Waals surface area contributed by atoms with Gasteiger partial charge in [-0.1, -0.05) is 12.8 Å². The molecule has 0 aromatic heterocycles. The second-order valence-corrected chi connectivity index (χ2v) is 5.99. The predicted molar refractivity (Wildman–Crippen MR) is 76.8 cm³/mol. The lowest BCUT2D eigenvalue weighted by Crippen LogP contribution is -2.39. The maximum atomic E-state index is 13.5. The second-order valence-electron chi connectivity index (χ2n) is 5.99. The molecule has 1 atom stereocenters. The van der Waals surface area contributed by atoms with Crippen LogP contribution < -0.4 is 5.73 Å². The minimum absolute atomic E-state index is 0.0432. The van der Waals surface area contributed by atoms with E-state index in [0.717, 1.165) is 19.4 Å². The zero-order valence-corrected chi connectivity index (χ0v) is 11.6. The largest absolute Gasteiger partial charge is 0.396 e. The molecule has 1 aliphatic carbocycles. The molecule has 1 saturated heterocycles. The van der Waals surface area contributed by atoms with Crippen molar-refractivity contribution >= 4 is 11.6 Å². The highest BCUT2D eigenvalue weighted by atomic mass is 19.1. The highest BCUT2D eigenvalue weighted by Crippen LogP contribution is 2.36. The minimum Gasteiger partial charge on any atom is -0.396 e. The van der Waals surface area contributed by atoms with E-state index in [2.05, 4.69) is 0 Å². The van der Waals surface area contributed by atoms with Gasteiger partial charge in [-0.3, -0.25) is 4.79 Å². The number of nitrogens with zero attached hydrogens (tertiary/aromatic N) is 1. The van der Waals surface area contributed by atoms with E-state index in [9.17, 15) is 9.18 Å². The van der Waals surface area contributed by atoms with Crippen molar-refractivity contribution in [2.75, 3.05) is 12.3 Å². The fourth-order valence-electron chi connectivity index (χ4n) is 3.70. The van der Waals surface area contributed by atoms with Gasteiger partial charge in [-0.15, -0.1) is 0 Å². The summed E-state index contributed by atoms with van der Waals surface area (Å²) in [6.45, 7) is 0.798. The Labute approximate surface area is 118 Å². The summed E-state index contributed by atoms with van der Waals surface area (Å²) in [4.78, 5) is 14.6. The third kappa shape index (κ3) is 2.39. The van der Waals surface area contributed by atoms with Crippen LogP contribution in [0.15, 0.2) is 18.2 Å². The van der Waals surface area contributed by atoms with Crippen LogP contribution in [0.1, 0.15) is 48.9 Å². The average molecular weight is 276 g/mol. The number of nitrogen functional groups attached to an aromatic ring is 1. The van der Waals surface area contributed by atoms with E-state index in [1.54, 1.807) is 6.07 Å². The Bertz CT molecular complexity index is 511. The van der Waals surface area contributed by atoms with E-state index in [1.807, 2.05) is 4.90 Å². The summed E-state index contributed by atoms with van der Waals surface area (Å²) in [5.74, 6) is 0.0887. The zero-order valence-electron chi connectivity index (χ0n) is 11.6. The average Bonchev–Trinajstić information content (AvgIpc) is 3.10. The van der Waals surface area contributed by atoms with E-state index in [0.29, 0.717) is 17.5 Å². The van der Waals surface area contributed by atoms with Crippen molar-refractivity contribution in [2.24, 2.45) is 5.92 Å². The quantitative estimate of drug-likeness (QED) is 0.843. The first-order chi connectivity index (χ1) is 9.66. The monoisotopic (exact) mass is 276 g/mol. The number of halogens is 1. The van der Waals surface area contributed by atoms with Gasteiger partial charge in [0.05, 0.1) is 5.69 Å². The van der Waals surface area contributed by atoms with Crippen molar-refractivity contribution in [3.05, 3.63) is 29.6 Å². The molecule has 108 valence electrons. The normalized spacial score (nSPS) is 23.4. The minimum atomic E-state index is -0.507. The van der Waals surface area contributed by atoms with Gasteiger partial charge in [0.15, 0.2) is 0 Å². The first-order valence-electron chi connectivity index (χ1n) is 7.53. The number of likely N-dealkylation sites (tertiary alicyclic amines) is 1. The molecule has 1 aliphatic heterocycles. The standard InChI is InChI=1S/C16H21FN2O/c17-13-10-12(7-8-14(13)18)16(20)19-9-3-6-15(19)11-4-1-2-5-11/h7-8,10-11,15H,1-6,9,18H2. The molecule has 1 amide bonds. The topological polar surface area (TPSA) is 46.3 Å². The number of benzene rings is 1. The first-order valence-corrected chi connectivity index (χ1v) is 7.53. The molecule has 3 rings (SSSR count). The van der Waals surface area contributed by atoms with E-state index >= 15 is 0 Å². The fraction of sp³-hybridized carbons (Fsp3) is 0.562. The van der Waals surface area contributed by atoms with Gasteiger partial charge in [0, 0.05) is 18.2 Å². The maximum Gasteiger partial charge on any atom is 0.254 e. The first kappa shape index (κ1) is 13.4. The van der Waals surface area contributed by atoms with Crippen LogP contribution in [0.2, 0.25) is 0 Å². The van der Waals surface area contributed by atoms with Crippen LogP contribution in [0.3, 0.4) is 0 Å². The Kier molecular flexibility index (Phi) is 3.64. The molecule has 0 bridgehead atoms. The number of amides is 1. The molecule has 1 aromatic rings. The number of nitrogens with two attached hydrogens (primary N) is 1. The number of carbonyl (C=O) groups excluding carboxylic acids is 1. The van der Waals surface area contributed by atoms with Crippen molar-refractivity contribution in [3.63, 3.8) is 0 Å². The number of hydrogen-bond donors (Lipinski definition) is 1. The van der Waals surface area contributed by atoms with Crippen LogP contribution in [-0.4, -0.2) is 23.4 Å². The van der Waals surface area contributed by atoms with Crippen LogP contribution in [0.4, 0.5) is 10.1 Å². The Morgan fingerprint density at radius 3 is 2.65 bits per heavy atom. The van der Waals surface area contributed by atoms with E-state index in [1.165, 1.54) is 37.8 Å². The van der Waals surface area contributed by atoms with Crippen molar-refractivity contribution in [3.8, 4) is 0 Å². The molecule has 4 heteroatoms. The smallest absolute Gasteiger partial charge is 0.254 e. The van der Waals surface area contributed by atoms with Gasteiger partial charge in [-0.25, -0.2) is 4.39 Å². The van der Waals surface area contributed by atoms with Gasteiger partial charge in [-0.2, -0.15) is 0 Å². The lowest BCUT2D eigenvalue weighted by atomic mass is 9.95. The number of carbonyl (C=O) groups is 1. The van der Waals surface area contributed by atoms with Crippen molar-refractivity contribution in [1.29, 1.82) is 0 Å². The van der Waals surface area contributed by atoms with Crippen molar-refractivity contribution in [2.45, 2.75) is 44.6 Å². The Morgan fingerprint density at radius 2 is 1.95 bits per heavy atom. The second kappa shape index (κ2) is 5.43. The molecule has 1 heterocycles. The predicted octanol–water partition coefficient (Wildman–Crippen LogP) is 3.20. The summed E-state index contributed by atoms with van der Waals surface area (Å²) in [5.41, 5.74) is 5.98. The van der Waals surface area contributed by atoms with E-state index < -0.39 is 5.82 Å². The SMILES string of the molecule is Nc1ccc(C(=O)N2CCCC2C2CCCC2)cc1F. The van der Waals surface area contributed by atoms with Crippen LogP contribution in [-0.2, 0) is 0 Å². The molecular formula is C16H21FN2O. The lowest BCUT2D eigenvalue weighted by Gasteiger charge is -2.29. The summed E-state index contributed by atoms with van der Waals surface area (Å²) in [6, 6.07) is 4.72. The van der Waals surface area contributed by atoms with Crippen molar-refractivity contribution in [1.82, 2.24) is 4.90 Å². The third-order valence-electron chi connectivity index (χ3n) is 4.75. The molecule has 0 spiro atoms. The van der Waals surface area contributed by atoms with Gasteiger partial charge < -0.3 is 10.6 Å². The highest BCUT2D eigenvalue weighted by Gasteiger charge is 2.36. The summed E-state index contributed by atoms with van der Waals surface area (Å²) < 4.78 is 13.5. The molecule has 2 N–H and O–H groups in total. The molecule has 1 unspecified atom stereocenters. The van der Waals surface area contributed by atoms with Crippen LogP contribution >= 0.6 is 0 Å². The fourth-order valence-corrected chi connectivity index (χ4v) is 3.70. The molecule has 0 radical (unpaired) electrons. The summed E-state index contributed by atoms with van der Waals surface area (Å²) in [6.07, 6.45) is 7.16. The molecule has 1 saturated carbocycles. The van der Waals surface area contributed by atoms with Crippen LogP contribution in [0, 0.1) is 11.7 Å². The summed E-state index contributed by atoms with van der Waals surface area (Å²) in [7, 11) is 0.